The number of amides is 1. The zero-order valence-electron chi connectivity index (χ0n) is 18.9. The number of hydrogen-bond donors (Lipinski definition) is 1. The Morgan fingerprint density at radius 1 is 0.931 bits per heavy atom. The van der Waals surface area contributed by atoms with Crippen LogP contribution in [0.4, 0.5) is 5.69 Å². The molecule has 2 rings (SSSR count). The highest BCUT2D eigenvalue weighted by molar-refractivity contribution is 6.09. The number of aliphatic hydroxyl groups is 1. The van der Waals surface area contributed by atoms with Crippen LogP contribution in [0.1, 0.15) is 101 Å². The van der Waals surface area contributed by atoms with Crippen molar-refractivity contribution in [2.24, 2.45) is 0 Å². The van der Waals surface area contributed by atoms with Crippen molar-refractivity contribution in [3.8, 4) is 0 Å². The molecule has 1 heterocycles. The van der Waals surface area contributed by atoms with Crippen LogP contribution in [0.2, 0.25) is 0 Å². The van der Waals surface area contributed by atoms with Gasteiger partial charge < -0.3 is 10.0 Å². The van der Waals surface area contributed by atoms with Crippen LogP contribution in [0, 0.1) is 13.8 Å². The van der Waals surface area contributed by atoms with Crippen LogP contribution < -0.4 is 4.90 Å². The van der Waals surface area contributed by atoms with Crippen molar-refractivity contribution in [1.82, 2.24) is 0 Å². The number of anilines is 1. The molecule has 162 valence electrons. The number of aryl methyl sites for hydroxylation is 2. The normalized spacial score (nSPS) is 18.4. The van der Waals surface area contributed by atoms with Crippen LogP contribution >= 0.6 is 0 Å². The molecule has 0 radical (unpaired) electrons. The molecule has 0 aromatic heterocycles. The predicted molar refractivity (Wildman–Crippen MR) is 119 cm³/mol. The fourth-order valence-electron chi connectivity index (χ4n) is 4.59. The van der Waals surface area contributed by atoms with Gasteiger partial charge in [-0.15, -0.1) is 0 Å². The summed E-state index contributed by atoms with van der Waals surface area (Å²) in [5, 5.41) is 11.2. The number of rotatable bonds is 13. The van der Waals surface area contributed by atoms with E-state index in [4.69, 9.17) is 0 Å². The predicted octanol–water partition coefficient (Wildman–Crippen LogP) is 5.74. The summed E-state index contributed by atoms with van der Waals surface area (Å²) in [5.74, 6) is -0.510. The molecule has 0 spiro atoms. The first-order chi connectivity index (χ1) is 13.8. The lowest BCUT2D eigenvalue weighted by molar-refractivity contribution is -0.141. The molecule has 0 aliphatic carbocycles. The van der Waals surface area contributed by atoms with Gasteiger partial charge in [-0.25, -0.2) is 0 Å². The van der Waals surface area contributed by atoms with Crippen LogP contribution in [0.15, 0.2) is 12.1 Å². The molecule has 1 aromatic rings. The maximum absolute atomic E-state index is 13.1. The minimum absolute atomic E-state index is 0.155. The van der Waals surface area contributed by atoms with Crippen molar-refractivity contribution < 1.29 is 14.7 Å². The fourth-order valence-corrected chi connectivity index (χ4v) is 4.59. The molecule has 29 heavy (non-hydrogen) atoms. The highest BCUT2D eigenvalue weighted by Gasteiger charge is 2.51. The number of unbranched alkanes of at least 4 members (excludes halogenated alkanes) is 9. The van der Waals surface area contributed by atoms with Gasteiger partial charge in [0.1, 0.15) is 5.78 Å². The third kappa shape index (κ3) is 5.69. The second-order valence-corrected chi connectivity index (χ2v) is 8.80. The largest absolute Gasteiger partial charge is 0.375 e. The van der Waals surface area contributed by atoms with Crippen molar-refractivity contribution in [2.75, 3.05) is 11.4 Å². The van der Waals surface area contributed by atoms with E-state index in [1.807, 2.05) is 26.0 Å². The summed E-state index contributed by atoms with van der Waals surface area (Å²) in [6.45, 7) is 8.15. The molecule has 0 bridgehead atoms. The third-order valence-electron chi connectivity index (χ3n) is 6.11. The van der Waals surface area contributed by atoms with Gasteiger partial charge in [0.15, 0.2) is 5.60 Å². The molecule has 4 heteroatoms. The van der Waals surface area contributed by atoms with Crippen LogP contribution in [0.3, 0.4) is 0 Å². The topological polar surface area (TPSA) is 57.6 Å². The number of benzene rings is 1. The monoisotopic (exact) mass is 401 g/mol. The summed E-state index contributed by atoms with van der Waals surface area (Å²) in [7, 11) is 0. The Morgan fingerprint density at radius 3 is 2.00 bits per heavy atom. The number of carbonyl (C=O) groups excluding carboxylic acids is 2. The summed E-state index contributed by atoms with van der Waals surface area (Å²) in [5.41, 5.74) is 1.58. The molecular weight excluding hydrogens is 362 g/mol. The highest BCUT2D eigenvalue weighted by Crippen LogP contribution is 2.46. The summed E-state index contributed by atoms with van der Waals surface area (Å²) in [6.07, 6.45) is 12.3. The number of hydrogen-bond acceptors (Lipinski definition) is 3. The molecular formula is C25H39NO3. The molecule has 1 aromatic carbocycles. The van der Waals surface area contributed by atoms with Gasteiger partial charge in [0.25, 0.3) is 5.91 Å². The SMILES string of the molecule is CCCCCCCCCCCCN1C(=O)C(O)(CC(C)=O)c2c(C)ccc(C)c21. The van der Waals surface area contributed by atoms with E-state index in [0.717, 1.165) is 29.7 Å². The van der Waals surface area contributed by atoms with Crippen molar-refractivity contribution in [1.29, 1.82) is 0 Å². The summed E-state index contributed by atoms with van der Waals surface area (Å²) < 4.78 is 0. The zero-order valence-corrected chi connectivity index (χ0v) is 18.9. The second kappa shape index (κ2) is 10.9. The van der Waals surface area contributed by atoms with E-state index in [2.05, 4.69) is 6.92 Å². The first-order valence-electron chi connectivity index (χ1n) is 11.5. The minimum atomic E-state index is -1.71. The van der Waals surface area contributed by atoms with Gasteiger partial charge in [0, 0.05) is 18.5 Å². The Hall–Kier alpha value is -1.68. The van der Waals surface area contributed by atoms with Crippen molar-refractivity contribution >= 4 is 17.4 Å². The van der Waals surface area contributed by atoms with Crippen molar-refractivity contribution in [3.63, 3.8) is 0 Å². The first-order valence-corrected chi connectivity index (χ1v) is 11.5. The average Bonchev–Trinajstić information content (AvgIpc) is 2.88. The van der Waals surface area contributed by atoms with Gasteiger partial charge in [-0.3, -0.25) is 9.59 Å². The quantitative estimate of drug-likeness (QED) is 0.429. The molecule has 1 aliphatic heterocycles. The Bertz CT molecular complexity index is 712. The Kier molecular flexibility index (Phi) is 8.88. The second-order valence-electron chi connectivity index (χ2n) is 8.80. The first kappa shape index (κ1) is 23.6. The Morgan fingerprint density at radius 2 is 1.45 bits per heavy atom. The third-order valence-corrected chi connectivity index (χ3v) is 6.11. The molecule has 0 fully saturated rings. The van der Waals surface area contributed by atoms with E-state index in [-0.39, 0.29) is 18.1 Å². The maximum Gasteiger partial charge on any atom is 0.264 e. The molecule has 1 aliphatic rings. The fraction of sp³-hybridized carbons (Fsp3) is 0.680. The highest BCUT2D eigenvalue weighted by atomic mass is 16.3. The van der Waals surface area contributed by atoms with Crippen LogP contribution in [-0.4, -0.2) is 23.3 Å². The smallest absolute Gasteiger partial charge is 0.264 e. The minimum Gasteiger partial charge on any atom is -0.375 e. The molecule has 0 saturated heterocycles. The lowest BCUT2D eigenvalue weighted by atomic mass is 9.86. The summed E-state index contributed by atoms with van der Waals surface area (Å²) in [4.78, 5) is 26.6. The number of ketones is 1. The molecule has 1 N–H and O–H groups in total. The summed E-state index contributed by atoms with van der Waals surface area (Å²) in [6, 6.07) is 3.92. The number of fused-ring (bicyclic) bond motifs is 1. The maximum atomic E-state index is 13.1. The number of Topliss-reactive ketones (excluding diaryl/α,β-unsaturated/α-hetero) is 1. The van der Waals surface area contributed by atoms with Crippen molar-refractivity contribution in [3.05, 3.63) is 28.8 Å². The van der Waals surface area contributed by atoms with Crippen LogP contribution in [-0.2, 0) is 15.2 Å². The van der Waals surface area contributed by atoms with Gasteiger partial charge in [-0.1, -0.05) is 76.8 Å². The number of nitrogens with zero attached hydrogens (tertiary/aromatic N) is 1. The molecule has 4 nitrogen and oxygen atoms in total. The molecule has 1 amide bonds. The molecule has 1 unspecified atom stereocenters. The van der Waals surface area contributed by atoms with E-state index >= 15 is 0 Å². The van der Waals surface area contributed by atoms with Gasteiger partial charge in [0.2, 0.25) is 0 Å². The van der Waals surface area contributed by atoms with Gasteiger partial charge in [-0.2, -0.15) is 0 Å². The van der Waals surface area contributed by atoms with Gasteiger partial charge in [0.05, 0.1) is 5.69 Å². The average molecular weight is 402 g/mol. The lowest BCUT2D eigenvalue weighted by Gasteiger charge is -2.22. The molecule has 1 atom stereocenters. The van der Waals surface area contributed by atoms with Crippen LogP contribution in [0.5, 0.6) is 0 Å². The van der Waals surface area contributed by atoms with E-state index in [0.29, 0.717) is 12.1 Å². The Labute approximate surface area is 176 Å². The number of carbonyl (C=O) groups is 2. The molecule has 0 saturated carbocycles. The lowest BCUT2D eigenvalue weighted by Crippen LogP contribution is -2.42. The van der Waals surface area contributed by atoms with Gasteiger partial charge >= 0.3 is 0 Å². The van der Waals surface area contributed by atoms with E-state index in [1.165, 1.54) is 58.3 Å². The zero-order chi connectivity index (χ0) is 21.4. The van der Waals surface area contributed by atoms with E-state index in [9.17, 15) is 14.7 Å². The van der Waals surface area contributed by atoms with E-state index < -0.39 is 5.60 Å². The Balaban J connectivity index is 1.93. The standard InChI is InChI=1S/C25H39NO3/c1-5-6-7-8-9-10-11-12-13-14-17-26-23-20(3)16-15-19(2)22(23)25(29,24(26)28)18-21(4)27/h15-16,29H,5-14,17-18H2,1-4H3. The summed E-state index contributed by atoms with van der Waals surface area (Å²) >= 11 is 0. The van der Waals surface area contributed by atoms with Crippen LogP contribution in [0.25, 0.3) is 0 Å². The van der Waals surface area contributed by atoms with Gasteiger partial charge in [-0.05, 0) is 38.3 Å². The van der Waals surface area contributed by atoms with E-state index in [1.54, 1.807) is 4.90 Å². The van der Waals surface area contributed by atoms with Crippen molar-refractivity contribution in [2.45, 2.75) is 104 Å².